The number of rotatable bonds is 4. The van der Waals surface area contributed by atoms with E-state index in [0.717, 1.165) is 5.56 Å². The lowest BCUT2D eigenvalue weighted by Crippen LogP contribution is -2.50. The standard InChI is InChI=1S/C22H24N2O4/c25-20(18-9-5-2-6-10-18)23-19(17-7-3-1-4-8-17)21(26)24-13-11-22(12-14-24)27-15-16-28-22/h1-10,19H,11-16H2,(H,23,25). The van der Waals surface area contributed by atoms with Crippen LogP contribution in [0.4, 0.5) is 0 Å². The molecule has 1 spiro atoms. The second-order valence-corrected chi connectivity index (χ2v) is 7.12. The summed E-state index contributed by atoms with van der Waals surface area (Å²) < 4.78 is 11.5. The van der Waals surface area contributed by atoms with Crippen molar-refractivity contribution < 1.29 is 19.1 Å². The second-order valence-electron chi connectivity index (χ2n) is 7.12. The number of benzene rings is 2. The number of carbonyl (C=O) groups is 2. The fourth-order valence-electron chi connectivity index (χ4n) is 3.77. The van der Waals surface area contributed by atoms with Gasteiger partial charge in [0, 0.05) is 31.5 Å². The summed E-state index contributed by atoms with van der Waals surface area (Å²) in [5, 5.41) is 2.92. The number of hydrogen-bond acceptors (Lipinski definition) is 4. The zero-order valence-electron chi connectivity index (χ0n) is 15.7. The molecule has 2 heterocycles. The van der Waals surface area contributed by atoms with Gasteiger partial charge in [0.15, 0.2) is 5.79 Å². The maximum Gasteiger partial charge on any atom is 0.252 e. The van der Waals surface area contributed by atoms with E-state index in [1.807, 2.05) is 36.4 Å². The van der Waals surface area contributed by atoms with Crippen molar-refractivity contribution in [3.05, 3.63) is 71.8 Å². The van der Waals surface area contributed by atoms with Crippen LogP contribution in [0.1, 0.15) is 34.8 Å². The zero-order chi connectivity index (χ0) is 19.4. The minimum Gasteiger partial charge on any atom is -0.347 e. The highest BCUT2D eigenvalue weighted by Gasteiger charge is 2.42. The van der Waals surface area contributed by atoms with Crippen molar-refractivity contribution in [2.24, 2.45) is 0 Å². The van der Waals surface area contributed by atoms with Crippen molar-refractivity contribution in [2.45, 2.75) is 24.7 Å². The Morgan fingerprint density at radius 3 is 2.07 bits per heavy atom. The number of likely N-dealkylation sites (tertiary alicyclic amines) is 1. The molecule has 2 aromatic rings. The molecule has 0 saturated carbocycles. The van der Waals surface area contributed by atoms with Crippen molar-refractivity contribution in [1.29, 1.82) is 0 Å². The molecule has 2 fully saturated rings. The number of ether oxygens (including phenoxy) is 2. The van der Waals surface area contributed by atoms with E-state index in [9.17, 15) is 9.59 Å². The SMILES string of the molecule is O=C(NC(C(=O)N1CCC2(CC1)OCCO2)c1ccccc1)c1ccccc1. The fraction of sp³-hybridized carbons (Fsp3) is 0.364. The first-order valence-electron chi connectivity index (χ1n) is 9.64. The molecule has 0 bridgehead atoms. The molecule has 6 heteroatoms. The van der Waals surface area contributed by atoms with Gasteiger partial charge in [-0.25, -0.2) is 0 Å². The van der Waals surface area contributed by atoms with E-state index >= 15 is 0 Å². The van der Waals surface area contributed by atoms with Gasteiger partial charge >= 0.3 is 0 Å². The minimum absolute atomic E-state index is 0.108. The highest BCUT2D eigenvalue weighted by atomic mass is 16.7. The highest BCUT2D eigenvalue weighted by Crippen LogP contribution is 2.32. The molecule has 6 nitrogen and oxygen atoms in total. The lowest BCUT2D eigenvalue weighted by atomic mass is 10.00. The van der Waals surface area contributed by atoms with Gasteiger partial charge in [0.05, 0.1) is 13.2 Å². The molecule has 1 unspecified atom stereocenters. The lowest BCUT2D eigenvalue weighted by Gasteiger charge is -2.39. The molecular formula is C22H24N2O4. The molecule has 2 saturated heterocycles. The highest BCUT2D eigenvalue weighted by molar-refractivity contribution is 5.97. The predicted octanol–water partition coefficient (Wildman–Crippen LogP) is 2.52. The molecule has 2 aliphatic rings. The van der Waals surface area contributed by atoms with Crippen molar-refractivity contribution in [3.8, 4) is 0 Å². The Kier molecular flexibility index (Phi) is 5.41. The van der Waals surface area contributed by atoms with Crippen LogP contribution in [0.3, 0.4) is 0 Å². The molecule has 0 aliphatic carbocycles. The quantitative estimate of drug-likeness (QED) is 0.885. The summed E-state index contributed by atoms with van der Waals surface area (Å²) in [6.07, 6.45) is 1.29. The monoisotopic (exact) mass is 380 g/mol. The largest absolute Gasteiger partial charge is 0.347 e. The number of nitrogens with zero attached hydrogens (tertiary/aromatic N) is 1. The van der Waals surface area contributed by atoms with Crippen LogP contribution in [0.2, 0.25) is 0 Å². The van der Waals surface area contributed by atoms with Gasteiger partial charge in [0.1, 0.15) is 6.04 Å². The predicted molar refractivity (Wildman–Crippen MR) is 104 cm³/mol. The third kappa shape index (κ3) is 3.93. The molecule has 2 aromatic carbocycles. The van der Waals surface area contributed by atoms with Gasteiger partial charge in [-0.2, -0.15) is 0 Å². The number of piperidine rings is 1. The molecule has 4 rings (SSSR count). The van der Waals surface area contributed by atoms with E-state index in [1.165, 1.54) is 0 Å². The third-order valence-corrected chi connectivity index (χ3v) is 5.34. The summed E-state index contributed by atoms with van der Waals surface area (Å²) in [4.78, 5) is 27.8. The van der Waals surface area contributed by atoms with E-state index in [-0.39, 0.29) is 11.8 Å². The Labute approximate surface area is 164 Å². The van der Waals surface area contributed by atoms with Gasteiger partial charge in [0.25, 0.3) is 5.91 Å². The van der Waals surface area contributed by atoms with Crippen LogP contribution in [0.25, 0.3) is 0 Å². The topological polar surface area (TPSA) is 67.9 Å². The van der Waals surface area contributed by atoms with Crippen molar-refractivity contribution in [3.63, 3.8) is 0 Å². The van der Waals surface area contributed by atoms with Crippen molar-refractivity contribution in [2.75, 3.05) is 26.3 Å². The van der Waals surface area contributed by atoms with Gasteiger partial charge < -0.3 is 19.7 Å². The second kappa shape index (κ2) is 8.12. The smallest absolute Gasteiger partial charge is 0.252 e. The minimum atomic E-state index is -0.728. The summed E-state index contributed by atoms with van der Waals surface area (Å²) >= 11 is 0. The molecule has 1 atom stereocenters. The summed E-state index contributed by atoms with van der Waals surface area (Å²) in [5.41, 5.74) is 1.30. The zero-order valence-corrected chi connectivity index (χ0v) is 15.7. The number of amides is 2. The van der Waals surface area contributed by atoms with Crippen LogP contribution in [0, 0.1) is 0 Å². The summed E-state index contributed by atoms with van der Waals surface area (Å²) in [7, 11) is 0. The van der Waals surface area contributed by atoms with E-state index in [4.69, 9.17) is 9.47 Å². The Bertz CT molecular complexity index is 809. The molecular weight excluding hydrogens is 356 g/mol. The fourth-order valence-corrected chi connectivity index (χ4v) is 3.77. The number of hydrogen-bond donors (Lipinski definition) is 1. The Morgan fingerprint density at radius 2 is 1.46 bits per heavy atom. The van der Waals surface area contributed by atoms with E-state index in [0.29, 0.717) is 44.7 Å². The molecule has 0 aromatic heterocycles. The van der Waals surface area contributed by atoms with E-state index in [2.05, 4.69) is 5.32 Å². The maximum absolute atomic E-state index is 13.3. The van der Waals surface area contributed by atoms with Crippen molar-refractivity contribution >= 4 is 11.8 Å². The Hall–Kier alpha value is -2.70. The Morgan fingerprint density at radius 1 is 0.893 bits per heavy atom. The molecule has 28 heavy (non-hydrogen) atoms. The van der Waals surface area contributed by atoms with Crippen LogP contribution >= 0.6 is 0 Å². The maximum atomic E-state index is 13.3. The van der Waals surface area contributed by atoms with E-state index in [1.54, 1.807) is 29.2 Å². The van der Waals surface area contributed by atoms with Crippen LogP contribution in [-0.4, -0.2) is 48.8 Å². The molecule has 2 amide bonds. The van der Waals surface area contributed by atoms with Gasteiger partial charge in [-0.15, -0.1) is 0 Å². The number of nitrogens with one attached hydrogen (secondary N) is 1. The van der Waals surface area contributed by atoms with Crippen LogP contribution in [-0.2, 0) is 14.3 Å². The average molecular weight is 380 g/mol. The number of carbonyl (C=O) groups excluding carboxylic acids is 2. The molecule has 2 aliphatic heterocycles. The van der Waals surface area contributed by atoms with Gasteiger partial charge in [-0.05, 0) is 17.7 Å². The van der Waals surface area contributed by atoms with Crippen molar-refractivity contribution in [1.82, 2.24) is 10.2 Å². The Balaban J connectivity index is 1.50. The van der Waals surface area contributed by atoms with E-state index < -0.39 is 11.8 Å². The van der Waals surface area contributed by atoms with Gasteiger partial charge in [-0.3, -0.25) is 9.59 Å². The third-order valence-electron chi connectivity index (χ3n) is 5.34. The summed E-state index contributed by atoms with van der Waals surface area (Å²) in [6, 6.07) is 17.6. The van der Waals surface area contributed by atoms with Crippen LogP contribution in [0.5, 0.6) is 0 Å². The van der Waals surface area contributed by atoms with Gasteiger partial charge in [-0.1, -0.05) is 48.5 Å². The van der Waals surface area contributed by atoms with Gasteiger partial charge in [0.2, 0.25) is 5.91 Å². The first-order valence-corrected chi connectivity index (χ1v) is 9.64. The summed E-state index contributed by atoms with van der Waals surface area (Å²) in [6.45, 7) is 2.30. The summed E-state index contributed by atoms with van der Waals surface area (Å²) in [5.74, 6) is -0.908. The molecule has 1 N–H and O–H groups in total. The first-order chi connectivity index (χ1) is 13.7. The first kappa shape index (κ1) is 18.7. The lowest BCUT2D eigenvalue weighted by molar-refractivity contribution is -0.187. The molecule has 146 valence electrons. The van der Waals surface area contributed by atoms with Crippen LogP contribution in [0.15, 0.2) is 60.7 Å². The normalized spacial score (nSPS) is 19.4. The average Bonchev–Trinajstić information content (AvgIpc) is 3.21. The molecule has 0 radical (unpaired) electrons. The van der Waals surface area contributed by atoms with Crippen LogP contribution < -0.4 is 5.32 Å².